The van der Waals surface area contributed by atoms with Gasteiger partial charge in [0.15, 0.2) is 0 Å². The maximum Gasteiger partial charge on any atom is 0.0672 e. The summed E-state index contributed by atoms with van der Waals surface area (Å²) < 4.78 is 2.07. The van der Waals surface area contributed by atoms with Crippen molar-refractivity contribution in [2.24, 2.45) is 0 Å². The molecule has 0 bridgehead atoms. The molecule has 3 rings (SSSR count). The summed E-state index contributed by atoms with van der Waals surface area (Å²) in [5, 5.41) is 8.22. The van der Waals surface area contributed by atoms with E-state index < -0.39 is 0 Å². The van der Waals surface area contributed by atoms with Crippen LogP contribution in [0.5, 0.6) is 0 Å². The molecule has 1 heterocycles. The van der Waals surface area contributed by atoms with Crippen molar-refractivity contribution in [2.75, 3.05) is 0 Å². The van der Waals surface area contributed by atoms with Gasteiger partial charge in [-0.25, -0.2) is 0 Å². The first-order chi connectivity index (χ1) is 10.2. The summed E-state index contributed by atoms with van der Waals surface area (Å²) in [5.41, 5.74) is 6.41. The first-order valence-electron chi connectivity index (χ1n) is 8.04. The van der Waals surface area contributed by atoms with Crippen LogP contribution < -0.4 is 5.32 Å². The van der Waals surface area contributed by atoms with Crippen LogP contribution in [-0.2, 0) is 13.1 Å². The Morgan fingerprint density at radius 1 is 1.24 bits per heavy atom. The Bertz CT molecular complexity index is 623. The van der Waals surface area contributed by atoms with Crippen molar-refractivity contribution in [1.82, 2.24) is 15.1 Å². The number of rotatable bonds is 6. The van der Waals surface area contributed by atoms with E-state index in [0.29, 0.717) is 0 Å². The smallest absolute Gasteiger partial charge is 0.0672 e. The van der Waals surface area contributed by atoms with Gasteiger partial charge in [-0.3, -0.25) is 4.68 Å². The monoisotopic (exact) mass is 283 g/mol. The minimum absolute atomic E-state index is 0.754. The summed E-state index contributed by atoms with van der Waals surface area (Å²) in [7, 11) is 0. The van der Waals surface area contributed by atoms with Crippen LogP contribution >= 0.6 is 0 Å². The van der Waals surface area contributed by atoms with Gasteiger partial charge < -0.3 is 5.32 Å². The fraction of sp³-hybridized carbons (Fsp3) is 0.500. The number of hydrogen-bond donors (Lipinski definition) is 1. The van der Waals surface area contributed by atoms with E-state index in [1.807, 2.05) is 0 Å². The van der Waals surface area contributed by atoms with Gasteiger partial charge in [0, 0.05) is 30.9 Å². The van der Waals surface area contributed by atoms with E-state index in [0.717, 1.165) is 31.2 Å². The molecule has 1 aliphatic rings. The van der Waals surface area contributed by atoms with E-state index >= 15 is 0 Å². The van der Waals surface area contributed by atoms with E-state index in [9.17, 15) is 0 Å². The third-order valence-electron chi connectivity index (χ3n) is 4.16. The Kier molecular flexibility index (Phi) is 4.11. The Hall–Kier alpha value is -1.61. The minimum atomic E-state index is 0.754. The van der Waals surface area contributed by atoms with Gasteiger partial charge in [-0.05, 0) is 55.9 Å². The zero-order valence-electron chi connectivity index (χ0n) is 13.3. The molecule has 0 radical (unpaired) electrons. The van der Waals surface area contributed by atoms with Gasteiger partial charge in [0.25, 0.3) is 0 Å². The summed E-state index contributed by atoms with van der Waals surface area (Å²) in [6.45, 7) is 8.44. The van der Waals surface area contributed by atoms with Gasteiger partial charge in [-0.15, -0.1) is 0 Å². The fourth-order valence-corrected chi connectivity index (χ4v) is 2.74. The predicted octanol–water partition coefficient (Wildman–Crippen LogP) is 3.83. The zero-order chi connectivity index (χ0) is 14.8. The van der Waals surface area contributed by atoms with Crippen LogP contribution in [0, 0.1) is 13.8 Å². The summed E-state index contributed by atoms with van der Waals surface area (Å²) in [6.07, 6.45) is 5.98. The third-order valence-corrected chi connectivity index (χ3v) is 4.16. The Labute approximate surface area is 127 Å². The topological polar surface area (TPSA) is 29.9 Å². The lowest BCUT2D eigenvalue weighted by atomic mass is 9.98. The quantitative estimate of drug-likeness (QED) is 0.873. The van der Waals surface area contributed by atoms with Crippen LogP contribution in [-0.4, -0.2) is 15.8 Å². The van der Waals surface area contributed by atoms with Crippen LogP contribution in [0.1, 0.15) is 43.0 Å². The molecule has 0 amide bonds. The zero-order valence-corrected chi connectivity index (χ0v) is 13.3. The number of aryl methyl sites for hydroxylation is 3. The molecule has 1 aliphatic carbocycles. The summed E-state index contributed by atoms with van der Waals surface area (Å²) in [5.74, 6) is 0. The molecule has 0 saturated heterocycles. The molecule has 0 atom stereocenters. The predicted molar refractivity (Wildman–Crippen MR) is 87.3 cm³/mol. The van der Waals surface area contributed by atoms with Crippen LogP contribution in [0.3, 0.4) is 0 Å². The average Bonchev–Trinajstić information content (AvgIpc) is 3.22. The van der Waals surface area contributed by atoms with Crippen LogP contribution in [0.25, 0.3) is 11.1 Å². The Balaban J connectivity index is 1.86. The highest BCUT2D eigenvalue weighted by atomic mass is 15.3. The molecular formula is C18H25N3. The van der Waals surface area contributed by atoms with Crippen molar-refractivity contribution >= 4 is 0 Å². The first kappa shape index (κ1) is 14.3. The van der Waals surface area contributed by atoms with Gasteiger partial charge >= 0.3 is 0 Å². The second kappa shape index (κ2) is 6.02. The number of aromatic nitrogens is 2. The number of nitrogens with zero attached hydrogens (tertiary/aromatic N) is 2. The van der Waals surface area contributed by atoms with Crippen molar-refractivity contribution in [2.45, 2.75) is 59.2 Å². The third kappa shape index (κ3) is 3.35. The lowest BCUT2D eigenvalue weighted by Gasteiger charge is -2.09. The van der Waals surface area contributed by atoms with E-state index in [1.165, 1.54) is 35.1 Å². The second-order valence-electron chi connectivity index (χ2n) is 6.20. The molecule has 0 aliphatic heterocycles. The highest BCUT2D eigenvalue weighted by molar-refractivity contribution is 5.69. The SMILES string of the molecule is CCCn1cc(-c2cc(CNC3CC3)ccc2C)c(C)n1. The van der Waals surface area contributed by atoms with Crippen molar-refractivity contribution in [3.8, 4) is 11.1 Å². The highest BCUT2D eigenvalue weighted by Crippen LogP contribution is 2.28. The molecule has 1 saturated carbocycles. The average molecular weight is 283 g/mol. The maximum atomic E-state index is 4.63. The number of nitrogens with one attached hydrogen (secondary N) is 1. The van der Waals surface area contributed by atoms with Crippen molar-refractivity contribution in [1.29, 1.82) is 0 Å². The molecule has 1 N–H and O–H groups in total. The van der Waals surface area contributed by atoms with Crippen molar-refractivity contribution in [3.05, 3.63) is 41.2 Å². The minimum Gasteiger partial charge on any atom is -0.310 e. The van der Waals surface area contributed by atoms with Gasteiger partial charge in [0.2, 0.25) is 0 Å². The molecule has 21 heavy (non-hydrogen) atoms. The van der Waals surface area contributed by atoms with Crippen LogP contribution in [0.15, 0.2) is 24.4 Å². The lowest BCUT2D eigenvalue weighted by Crippen LogP contribution is -2.15. The van der Waals surface area contributed by atoms with E-state index in [-0.39, 0.29) is 0 Å². The maximum absolute atomic E-state index is 4.63. The fourth-order valence-electron chi connectivity index (χ4n) is 2.74. The normalized spacial score (nSPS) is 14.6. The standard InChI is InChI=1S/C18H25N3/c1-4-9-21-12-18(14(3)20-21)17-10-15(6-5-13(17)2)11-19-16-7-8-16/h5-6,10,12,16,19H,4,7-9,11H2,1-3H3. The van der Waals surface area contributed by atoms with Gasteiger partial charge in [0.1, 0.15) is 0 Å². The van der Waals surface area contributed by atoms with Crippen molar-refractivity contribution < 1.29 is 0 Å². The van der Waals surface area contributed by atoms with E-state index in [4.69, 9.17) is 0 Å². The van der Waals surface area contributed by atoms with Gasteiger partial charge in [-0.1, -0.05) is 19.1 Å². The number of benzene rings is 1. The molecule has 3 nitrogen and oxygen atoms in total. The Morgan fingerprint density at radius 3 is 2.76 bits per heavy atom. The van der Waals surface area contributed by atoms with Crippen molar-refractivity contribution in [3.63, 3.8) is 0 Å². The molecule has 1 aromatic heterocycles. The van der Waals surface area contributed by atoms with Crippen LogP contribution in [0.4, 0.5) is 0 Å². The molecule has 1 fully saturated rings. The summed E-state index contributed by atoms with van der Waals surface area (Å²) in [4.78, 5) is 0. The highest BCUT2D eigenvalue weighted by Gasteiger charge is 2.20. The van der Waals surface area contributed by atoms with Gasteiger partial charge in [0.05, 0.1) is 5.69 Å². The first-order valence-corrected chi connectivity index (χ1v) is 8.04. The van der Waals surface area contributed by atoms with E-state index in [1.54, 1.807) is 0 Å². The molecular weight excluding hydrogens is 258 g/mol. The lowest BCUT2D eigenvalue weighted by molar-refractivity contribution is 0.598. The number of hydrogen-bond acceptors (Lipinski definition) is 2. The Morgan fingerprint density at radius 2 is 2.05 bits per heavy atom. The molecule has 0 unspecified atom stereocenters. The molecule has 3 heteroatoms. The van der Waals surface area contributed by atoms with E-state index in [2.05, 4.69) is 60.3 Å². The molecule has 0 spiro atoms. The largest absolute Gasteiger partial charge is 0.310 e. The van der Waals surface area contributed by atoms with Crippen LogP contribution in [0.2, 0.25) is 0 Å². The summed E-state index contributed by atoms with van der Waals surface area (Å²) >= 11 is 0. The summed E-state index contributed by atoms with van der Waals surface area (Å²) in [6, 6.07) is 7.55. The molecule has 112 valence electrons. The molecule has 2 aromatic rings. The second-order valence-corrected chi connectivity index (χ2v) is 6.20. The molecule has 1 aromatic carbocycles. The van der Waals surface area contributed by atoms with Gasteiger partial charge in [-0.2, -0.15) is 5.10 Å².